The molecule has 1 fully saturated rings. The van der Waals surface area contributed by atoms with Gasteiger partial charge in [-0.05, 0) is 49.8 Å². The molecule has 21 heavy (non-hydrogen) atoms. The maximum Gasteiger partial charge on any atom is 0.255 e. The summed E-state index contributed by atoms with van der Waals surface area (Å²) in [5, 5.41) is 3.54. The predicted octanol–water partition coefficient (Wildman–Crippen LogP) is 3.35. The van der Waals surface area contributed by atoms with Gasteiger partial charge >= 0.3 is 0 Å². The minimum Gasteiger partial charge on any atom is -0.399 e. The van der Waals surface area contributed by atoms with Gasteiger partial charge < -0.3 is 16.0 Å². The van der Waals surface area contributed by atoms with Gasteiger partial charge in [-0.2, -0.15) is 0 Å². The highest BCUT2D eigenvalue weighted by atomic mass is 16.2. The highest BCUT2D eigenvalue weighted by Crippen LogP contribution is 2.30. The zero-order chi connectivity index (χ0) is 15.4. The van der Waals surface area contributed by atoms with E-state index in [-0.39, 0.29) is 5.91 Å². The number of anilines is 2. The lowest BCUT2D eigenvalue weighted by atomic mass is 9.84. The molecule has 0 heterocycles. The van der Waals surface area contributed by atoms with Gasteiger partial charge in [0.1, 0.15) is 0 Å². The van der Waals surface area contributed by atoms with Gasteiger partial charge in [0, 0.05) is 31.5 Å². The molecule has 4 heteroatoms. The molecular formula is C17H27N3O. The van der Waals surface area contributed by atoms with E-state index in [0.29, 0.717) is 17.3 Å². The number of hydrogen-bond acceptors (Lipinski definition) is 3. The van der Waals surface area contributed by atoms with Gasteiger partial charge in [0.05, 0.1) is 5.56 Å². The summed E-state index contributed by atoms with van der Waals surface area (Å²) in [4.78, 5) is 13.9. The van der Waals surface area contributed by atoms with Crippen LogP contribution in [-0.4, -0.2) is 30.9 Å². The van der Waals surface area contributed by atoms with Gasteiger partial charge in [-0.25, -0.2) is 0 Å². The van der Waals surface area contributed by atoms with Gasteiger partial charge in [-0.15, -0.1) is 0 Å². The monoisotopic (exact) mass is 289 g/mol. The van der Waals surface area contributed by atoms with E-state index in [2.05, 4.69) is 12.2 Å². The molecule has 2 rings (SSSR count). The maximum absolute atomic E-state index is 12.3. The van der Waals surface area contributed by atoms with Crippen LogP contribution in [0.3, 0.4) is 0 Å². The number of rotatable bonds is 4. The third-order valence-corrected chi connectivity index (χ3v) is 4.46. The van der Waals surface area contributed by atoms with Crippen LogP contribution in [0, 0.1) is 5.92 Å². The Hall–Kier alpha value is -1.71. The molecule has 0 aromatic heterocycles. The van der Waals surface area contributed by atoms with Gasteiger partial charge in [-0.1, -0.05) is 13.3 Å². The molecule has 1 aromatic carbocycles. The number of nitrogens with one attached hydrogen (secondary N) is 1. The number of nitrogens with zero attached hydrogens (tertiary/aromatic N) is 1. The molecular weight excluding hydrogens is 262 g/mol. The Kier molecular flexibility index (Phi) is 5.10. The van der Waals surface area contributed by atoms with Crippen molar-refractivity contribution in [2.75, 3.05) is 25.1 Å². The Labute approximate surface area is 127 Å². The average Bonchev–Trinajstić information content (AvgIpc) is 2.47. The molecule has 1 amide bonds. The van der Waals surface area contributed by atoms with E-state index in [9.17, 15) is 4.79 Å². The molecule has 0 bridgehead atoms. The molecule has 116 valence electrons. The van der Waals surface area contributed by atoms with Crippen LogP contribution < -0.4 is 11.1 Å². The predicted molar refractivity (Wildman–Crippen MR) is 88.5 cm³/mol. The lowest BCUT2D eigenvalue weighted by Crippen LogP contribution is -2.28. The van der Waals surface area contributed by atoms with E-state index in [4.69, 9.17) is 5.73 Å². The topological polar surface area (TPSA) is 58.4 Å². The lowest BCUT2D eigenvalue weighted by molar-refractivity contribution is 0.0828. The fourth-order valence-electron chi connectivity index (χ4n) is 3.04. The molecule has 0 spiro atoms. The molecule has 1 aliphatic rings. The van der Waals surface area contributed by atoms with E-state index in [1.165, 1.54) is 32.1 Å². The molecule has 0 unspecified atom stereocenters. The van der Waals surface area contributed by atoms with Crippen molar-refractivity contribution in [2.45, 2.75) is 45.1 Å². The van der Waals surface area contributed by atoms with Crippen LogP contribution in [0.2, 0.25) is 0 Å². The van der Waals surface area contributed by atoms with Crippen LogP contribution in [-0.2, 0) is 0 Å². The van der Waals surface area contributed by atoms with Crippen LogP contribution in [0.15, 0.2) is 18.2 Å². The Morgan fingerprint density at radius 1 is 1.29 bits per heavy atom. The standard InChI is InChI=1S/C17H27N3O/c1-4-12-5-8-14(9-6-12)19-16-11-13(18)7-10-15(16)17(21)20(2)3/h7,10-12,14,19H,4-6,8-9,18H2,1-3H3. The minimum absolute atomic E-state index is 0.0137. The van der Waals surface area contributed by atoms with E-state index in [1.54, 1.807) is 25.1 Å². The average molecular weight is 289 g/mol. The van der Waals surface area contributed by atoms with Crippen LogP contribution in [0.5, 0.6) is 0 Å². The van der Waals surface area contributed by atoms with Crippen LogP contribution in [0.25, 0.3) is 0 Å². The molecule has 1 saturated carbocycles. The molecule has 0 atom stereocenters. The third-order valence-electron chi connectivity index (χ3n) is 4.46. The molecule has 4 nitrogen and oxygen atoms in total. The summed E-state index contributed by atoms with van der Waals surface area (Å²) < 4.78 is 0. The molecule has 1 aromatic rings. The fraction of sp³-hybridized carbons (Fsp3) is 0.588. The smallest absolute Gasteiger partial charge is 0.255 e. The molecule has 3 N–H and O–H groups in total. The third kappa shape index (κ3) is 3.90. The summed E-state index contributed by atoms with van der Waals surface area (Å²) in [6, 6.07) is 5.93. The number of nitrogen functional groups attached to an aromatic ring is 1. The Bertz CT molecular complexity index is 491. The number of carbonyl (C=O) groups is 1. The number of nitrogens with two attached hydrogens (primary N) is 1. The summed E-state index contributed by atoms with van der Waals surface area (Å²) in [6.45, 7) is 2.27. The van der Waals surface area contributed by atoms with Gasteiger partial charge in [0.25, 0.3) is 5.91 Å². The Morgan fingerprint density at radius 2 is 1.95 bits per heavy atom. The van der Waals surface area contributed by atoms with E-state index >= 15 is 0 Å². The highest BCUT2D eigenvalue weighted by Gasteiger charge is 2.22. The summed E-state index contributed by atoms with van der Waals surface area (Å²) in [5.41, 5.74) is 8.15. The van der Waals surface area contributed by atoms with Gasteiger partial charge in [-0.3, -0.25) is 4.79 Å². The normalized spacial score (nSPS) is 21.9. The maximum atomic E-state index is 12.3. The molecule has 0 aliphatic heterocycles. The number of hydrogen-bond donors (Lipinski definition) is 2. The summed E-state index contributed by atoms with van der Waals surface area (Å²) in [6.07, 6.45) is 6.15. The number of amides is 1. The van der Waals surface area contributed by atoms with Crippen molar-refractivity contribution < 1.29 is 4.79 Å². The SMILES string of the molecule is CCC1CCC(Nc2cc(N)ccc2C(=O)N(C)C)CC1. The second-order valence-electron chi connectivity index (χ2n) is 6.27. The zero-order valence-corrected chi connectivity index (χ0v) is 13.4. The lowest BCUT2D eigenvalue weighted by Gasteiger charge is -2.30. The second-order valence-corrected chi connectivity index (χ2v) is 6.27. The number of carbonyl (C=O) groups excluding carboxylic acids is 1. The van der Waals surface area contributed by atoms with Gasteiger partial charge in [0.15, 0.2) is 0 Å². The Morgan fingerprint density at radius 3 is 2.52 bits per heavy atom. The first kappa shape index (κ1) is 15.7. The first-order valence-electron chi connectivity index (χ1n) is 7.89. The first-order chi connectivity index (χ1) is 10.0. The van der Waals surface area contributed by atoms with Crippen molar-refractivity contribution in [3.63, 3.8) is 0 Å². The number of benzene rings is 1. The van der Waals surface area contributed by atoms with E-state index in [0.717, 1.165) is 11.6 Å². The van der Waals surface area contributed by atoms with Crippen molar-refractivity contribution in [1.82, 2.24) is 4.90 Å². The van der Waals surface area contributed by atoms with Crippen molar-refractivity contribution in [3.05, 3.63) is 23.8 Å². The van der Waals surface area contributed by atoms with Crippen molar-refractivity contribution in [3.8, 4) is 0 Å². The second kappa shape index (κ2) is 6.83. The molecule has 0 saturated heterocycles. The minimum atomic E-state index is 0.0137. The highest BCUT2D eigenvalue weighted by molar-refractivity contribution is 6.00. The molecule has 0 radical (unpaired) electrons. The van der Waals surface area contributed by atoms with Crippen LogP contribution in [0.1, 0.15) is 49.4 Å². The Balaban J connectivity index is 2.12. The quantitative estimate of drug-likeness (QED) is 0.836. The summed E-state index contributed by atoms with van der Waals surface area (Å²) in [7, 11) is 3.55. The molecule has 1 aliphatic carbocycles. The van der Waals surface area contributed by atoms with E-state index in [1.807, 2.05) is 12.1 Å². The van der Waals surface area contributed by atoms with Crippen molar-refractivity contribution >= 4 is 17.3 Å². The van der Waals surface area contributed by atoms with Gasteiger partial charge in [0.2, 0.25) is 0 Å². The van der Waals surface area contributed by atoms with Crippen molar-refractivity contribution in [2.24, 2.45) is 5.92 Å². The van der Waals surface area contributed by atoms with Crippen LogP contribution in [0.4, 0.5) is 11.4 Å². The van der Waals surface area contributed by atoms with Crippen LogP contribution >= 0.6 is 0 Å². The largest absolute Gasteiger partial charge is 0.399 e. The van der Waals surface area contributed by atoms with Crippen molar-refractivity contribution in [1.29, 1.82) is 0 Å². The summed E-state index contributed by atoms with van der Waals surface area (Å²) >= 11 is 0. The zero-order valence-electron chi connectivity index (χ0n) is 13.4. The fourth-order valence-corrected chi connectivity index (χ4v) is 3.04. The van der Waals surface area contributed by atoms with E-state index < -0.39 is 0 Å². The first-order valence-corrected chi connectivity index (χ1v) is 7.89. The summed E-state index contributed by atoms with van der Waals surface area (Å²) in [5.74, 6) is 0.881.